The highest BCUT2D eigenvalue weighted by Crippen LogP contribution is 2.49. The molecule has 1 aliphatic heterocycles. The summed E-state index contributed by atoms with van der Waals surface area (Å²) in [4.78, 5) is 12.7. The van der Waals surface area contributed by atoms with Gasteiger partial charge in [0.1, 0.15) is 11.1 Å². The molecular formula is C13H11ClF2N2O3. The highest BCUT2D eigenvalue weighted by atomic mass is 35.5. The molecule has 21 heavy (non-hydrogen) atoms. The van der Waals surface area contributed by atoms with Gasteiger partial charge in [0, 0.05) is 17.8 Å². The Morgan fingerprint density at radius 1 is 1.38 bits per heavy atom. The van der Waals surface area contributed by atoms with Crippen LogP contribution in [0.4, 0.5) is 20.2 Å². The van der Waals surface area contributed by atoms with Crippen LogP contribution in [0, 0.1) is 11.6 Å². The number of nitrogen functional groups attached to an aromatic ring is 1. The molecule has 0 aromatic heterocycles. The van der Waals surface area contributed by atoms with E-state index in [4.69, 9.17) is 22.4 Å². The largest absolute Gasteiger partial charge is 0.478 e. The molecule has 4 N–H and O–H groups in total. The van der Waals surface area contributed by atoms with Gasteiger partial charge < -0.3 is 20.8 Å². The van der Waals surface area contributed by atoms with Gasteiger partial charge in [-0.2, -0.15) is 0 Å². The Morgan fingerprint density at radius 2 is 2.00 bits per heavy atom. The van der Waals surface area contributed by atoms with E-state index in [2.05, 4.69) is 0 Å². The van der Waals surface area contributed by atoms with E-state index in [-0.39, 0.29) is 22.9 Å². The van der Waals surface area contributed by atoms with Gasteiger partial charge in [-0.25, -0.2) is 13.6 Å². The molecule has 0 saturated heterocycles. The van der Waals surface area contributed by atoms with E-state index < -0.39 is 34.4 Å². The summed E-state index contributed by atoms with van der Waals surface area (Å²) in [5, 5.41) is 18.8. The maximum absolute atomic E-state index is 13.8. The molecule has 1 aliphatic carbocycles. The molecule has 0 bridgehead atoms. The number of nitrogens with zero attached hydrogens (tertiary/aromatic N) is 1. The summed E-state index contributed by atoms with van der Waals surface area (Å²) in [7, 11) is 0. The SMILES string of the molecule is Nc1c(F)c(F)c(Cl)c2c1C(O)C(C(=O)O)=CN2C1CC1. The number of hydrogen-bond donors (Lipinski definition) is 3. The fourth-order valence-corrected chi connectivity index (χ4v) is 2.75. The van der Waals surface area contributed by atoms with Crippen molar-refractivity contribution in [3.8, 4) is 0 Å². The van der Waals surface area contributed by atoms with Crippen LogP contribution >= 0.6 is 11.6 Å². The Bertz CT molecular complexity index is 689. The van der Waals surface area contributed by atoms with Crippen LogP contribution in [0.1, 0.15) is 24.5 Å². The van der Waals surface area contributed by atoms with Crippen LogP contribution in [0.25, 0.3) is 0 Å². The summed E-state index contributed by atoms with van der Waals surface area (Å²) in [5.74, 6) is -4.06. The van der Waals surface area contributed by atoms with Crippen molar-refractivity contribution in [2.24, 2.45) is 0 Å². The Kier molecular flexibility index (Phi) is 3.07. The van der Waals surface area contributed by atoms with Gasteiger partial charge in [-0.05, 0) is 12.8 Å². The normalized spacial score (nSPS) is 21.0. The molecular weight excluding hydrogens is 306 g/mol. The number of halogens is 3. The summed E-state index contributed by atoms with van der Waals surface area (Å²) in [6.07, 6.45) is 1.05. The number of aliphatic hydroxyl groups is 1. The maximum Gasteiger partial charge on any atom is 0.336 e. The third kappa shape index (κ3) is 1.96. The van der Waals surface area contributed by atoms with E-state index >= 15 is 0 Å². The van der Waals surface area contributed by atoms with Gasteiger partial charge in [0.2, 0.25) is 0 Å². The number of hydrogen-bond acceptors (Lipinski definition) is 4. The number of nitrogens with two attached hydrogens (primary N) is 1. The Hall–Kier alpha value is -1.86. The molecule has 1 aromatic rings. The van der Waals surface area contributed by atoms with Crippen molar-refractivity contribution in [1.29, 1.82) is 0 Å². The smallest absolute Gasteiger partial charge is 0.336 e. The summed E-state index contributed by atoms with van der Waals surface area (Å²) >= 11 is 5.85. The molecule has 3 rings (SSSR count). The van der Waals surface area contributed by atoms with Crippen LogP contribution in [0.15, 0.2) is 11.8 Å². The molecule has 8 heteroatoms. The third-order valence-corrected chi connectivity index (χ3v) is 4.01. The molecule has 1 atom stereocenters. The molecule has 1 aromatic carbocycles. The predicted molar refractivity (Wildman–Crippen MR) is 72.0 cm³/mol. The molecule has 0 amide bonds. The fraction of sp³-hybridized carbons (Fsp3) is 0.308. The summed E-state index contributed by atoms with van der Waals surface area (Å²) in [5.41, 5.74) is 4.37. The number of aliphatic carboxylic acids is 1. The van der Waals surface area contributed by atoms with E-state index in [0.29, 0.717) is 0 Å². The first-order chi connectivity index (χ1) is 9.84. The van der Waals surface area contributed by atoms with E-state index in [1.54, 1.807) is 0 Å². The lowest BCUT2D eigenvalue weighted by Crippen LogP contribution is -2.30. The second-order valence-corrected chi connectivity index (χ2v) is 5.43. The highest BCUT2D eigenvalue weighted by Gasteiger charge is 2.41. The predicted octanol–water partition coefficient (Wildman–Crippen LogP) is 2.18. The number of aliphatic hydroxyl groups excluding tert-OH is 1. The quantitative estimate of drug-likeness (QED) is 0.575. The summed E-state index contributed by atoms with van der Waals surface area (Å²) in [6, 6.07) is -0.0626. The van der Waals surface area contributed by atoms with Gasteiger partial charge in [-0.3, -0.25) is 0 Å². The van der Waals surface area contributed by atoms with Crippen LogP contribution in [0.3, 0.4) is 0 Å². The van der Waals surface area contributed by atoms with Crippen molar-refractivity contribution in [3.05, 3.63) is 34.0 Å². The minimum absolute atomic E-state index is 0.0352. The second-order valence-electron chi connectivity index (χ2n) is 5.05. The molecule has 0 radical (unpaired) electrons. The van der Waals surface area contributed by atoms with Crippen molar-refractivity contribution in [3.63, 3.8) is 0 Å². The van der Waals surface area contributed by atoms with Gasteiger partial charge in [0.15, 0.2) is 11.6 Å². The molecule has 2 aliphatic rings. The number of anilines is 2. The first-order valence-electron chi connectivity index (χ1n) is 6.21. The van der Waals surface area contributed by atoms with E-state index in [0.717, 1.165) is 12.8 Å². The highest BCUT2D eigenvalue weighted by molar-refractivity contribution is 6.34. The third-order valence-electron chi connectivity index (χ3n) is 3.67. The van der Waals surface area contributed by atoms with Crippen LogP contribution in [-0.4, -0.2) is 22.2 Å². The minimum atomic E-state index is -1.67. The van der Waals surface area contributed by atoms with Gasteiger partial charge in [-0.1, -0.05) is 11.6 Å². The van der Waals surface area contributed by atoms with Crippen molar-refractivity contribution in [2.75, 3.05) is 10.6 Å². The van der Waals surface area contributed by atoms with E-state index in [9.17, 15) is 18.7 Å². The topological polar surface area (TPSA) is 86.8 Å². The zero-order valence-electron chi connectivity index (χ0n) is 10.6. The lowest BCUT2D eigenvalue weighted by atomic mass is 9.94. The second kappa shape index (κ2) is 4.57. The van der Waals surface area contributed by atoms with Crippen LogP contribution < -0.4 is 10.6 Å². The molecule has 1 unspecified atom stereocenters. The lowest BCUT2D eigenvalue weighted by Gasteiger charge is -2.33. The van der Waals surface area contributed by atoms with Crippen LogP contribution in [0.2, 0.25) is 5.02 Å². The Labute approximate surface area is 123 Å². The van der Waals surface area contributed by atoms with Gasteiger partial charge in [0.05, 0.1) is 16.9 Å². The standard InChI is InChI=1S/C13H11ClF2N2O3/c14-7-8(15)9(16)10(17)6-11(7)18(4-1-2-4)3-5(12(6)19)13(20)21/h3-4,12,19H,1-2,17H2,(H,20,21). The maximum atomic E-state index is 13.8. The summed E-state index contributed by atoms with van der Waals surface area (Å²) in [6.45, 7) is 0. The number of carbonyl (C=O) groups is 1. The summed E-state index contributed by atoms with van der Waals surface area (Å²) < 4.78 is 27.5. The number of rotatable bonds is 2. The average Bonchev–Trinajstić information content (AvgIpc) is 3.26. The van der Waals surface area contributed by atoms with E-state index in [1.807, 2.05) is 0 Å². The number of carboxylic acid groups (broad SMARTS) is 1. The first-order valence-corrected chi connectivity index (χ1v) is 6.59. The molecule has 1 saturated carbocycles. The van der Waals surface area contributed by atoms with Crippen LogP contribution in [0.5, 0.6) is 0 Å². The molecule has 0 spiro atoms. The monoisotopic (exact) mass is 316 g/mol. The van der Waals surface area contributed by atoms with E-state index in [1.165, 1.54) is 11.1 Å². The molecule has 1 fully saturated rings. The lowest BCUT2D eigenvalue weighted by molar-refractivity contribution is -0.133. The number of benzene rings is 1. The van der Waals surface area contributed by atoms with Crippen molar-refractivity contribution in [1.82, 2.24) is 0 Å². The van der Waals surface area contributed by atoms with Gasteiger partial charge in [-0.15, -0.1) is 0 Å². The molecule has 112 valence electrons. The first kappa shape index (κ1) is 14.1. The zero-order valence-corrected chi connectivity index (χ0v) is 11.4. The Balaban J connectivity index is 2.30. The van der Waals surface area contributed by atoms with Crippen molar-refractivity contribution < 1.29 is 23.8 Å². The number of fused-ring (bicyclic) bond motifs is 1. The van der Waals surface area contributed by atoms with Gasteiger partial charge >= 0.3 is 5.97 Å². The molecule has 5 nitrogen and oxygen atoms in total. The average molecular weight is 317 g/mol. The molecule has 1 heterocycles. The fourth-order valence-electron chi connectivity index (χ4n) is 2.47. The zero-order chi connectivity index (χ0) is 15.5. The van der Waals surface area contributed by atoms with Crippen LogP contribution in [-0.2, 0) is 4.79 Å². The van der Waals surface area contributed by atoms with Crippen molar-refractivity contribution in [2.45, 2.75) is 25.0 Å². The van der Waals surface area contributed by atoms with Crippen molar-refractivity contribution >= 4 is 28.9 Å². The Morgan fingerprint density at radius 3 is 2.52 bits per heavy atom. The minimum Gasteiger partial charge on any atom is -0.478 e. The number of carboxylic acids is 1. The van der Waals surface area contributed by atoms with Gasteiger partial charge in [0.25, 0.3) is 0 Å².